The Morgan fingerprint density at radius 3 is 2.89 bits per heavy atom. The number of nitrogens with zero attached hydrogens (tertiary/aromatic N) is 1. The largest absolute Gasteiger partial charge is 0.496 e. The molecule has 6 heteroatoms. The first kappa shape index (κ1) is 14.5. The molecule has 0 atom stereocenters. The Kier molecular flexibility index (Phi) is 5.67. The van der Waals surface area contributed by atoms with Gasteiger partial charge in [0.25, 0.3) is 0 Å². The molecule has 0 saturated carbocycles. The van der Waals surface area contributed by atoms with Crippen molar-refractivity contribution in [1.29, 1.82) is 0 Å². The predicted octanol–water partition coefficient (Wildman–Crippen LogP) is 1.79. The van der Waals surface area contributed by atoms with E-state index in [4.69, 9.17) is 15.7 Å². The molecule has 0 aliphatic rings. The number of hydrogen-bond acceptors (Lipinski definition) is 4. The first-order valence-corrected chi connectivity index (χ1v) is 6.06. The van der Waals surface area contributed by atoms with Crippen LogP contribution in [-0.2, 0) is 6.54 Å². The zero-order valence-corrected chi connectivity index (χ0v) is 11.7. The molecule has 98 valence electrons. The van der Waals surface area contributed by atoms with Crippen LogP contribution in [0.5, 0.6) is 5.75 Å². The molecule has 0 radical (unpaired) electrons. The van der Waals surface area contributed by atoms with Crippen molar-refractivity contribution in [3.8, 4) is 5.75 Å². The van der Waals surface area contributed by atoms with Crippen LogP contribution in [0.3, 0.4) is 0 Å². The minimum atomic E-state index is 0.0730. The fraction of sp³-hybridized carbons (Fsp3) is 0.250. The molecule has 18 heavy (non-hydrogen) atoms. The topological polar surface area (TPSA) is 79.9 Å². The van der Waals surface area contributed by atoms with E-state index in [1.54, 1.807) is 19.2 Å². The molecule has 0 aromatic heterocycles. The monoisotopic (exact) mass is 313 g/mol. The van der Waals surface area contributed by atoms with E-state index >= 15 is 0 Å². The first-order valence-electron chi connectivity index (χ1n) is 5.27. The van der Waals surface area contributed by atoms with Crippen molar-refractivity contribution in [2.75, 3.05) is 13.7 Å². The van der Waals surface area contributed by atoms with Crippen LogP contribution in [0.25, 0.3) is 0 Å². The summed E-state index contributed by atoms with van der Waals surface area (Å²) < 4.78 is 6.12. The predicted molar refractivity (Wildman–Crippen MR) is 75.3 cm³/mol. The van der Waals surface area contributed by atoms with Gasteiger partial charge in [0, 0.05) is 28.7 Å². The third-order valence-electron chi connectivity index (χ3n) is 2.32. The molecule has 4 N–H and O–H groups in total. The van der Waals surface area contributed by atoms with Crippen molar-refractivity contribution in [2.24, 2.45) is 10.9 Å². The average molecular weight is 314 g/mol. The highest BCUT2D eigenvalue weighted by Gasteiger charge is 2.07. The number of oxime groups is 1. The molecule has 0 unspecified atom stereocenters. The zero-order chi connectivity index (χ0) is 13.5. The van der Waals surface area contributed by atoms with Crippen LogP contribution in [0.1, 0.15) is 11.1 Å². The number of halogens is 1. The van der Waals surface area contributed by atoms with Gasteiger partial charge in [-0.2, -0.15) is 0 Å². The first-order chi connectivity index (χ1) is 8.58. The lowest BCUT2D eigenvalue weighted by Gasteiger charge is -2.11. The van der Waals surface area contributed by atoms with Gasteiger partial charge in [0.1, 0.15) is 5.75 Å². The van der Waals surface area contributed by atoms with Gasteiger partial charge < -0.3 is 21.0 Å². The van der Waals surface area contributed by atoms with Crippen molar-refractivity contribution in [3.63, 3.8) is 0 Å². The van der Waals surface area contributed by atoms with Gasteiger partial charge in [-0.1, -0.05) is 27.7 Å². The number of methoxy groups -OCH3 is 1. The summed E-state index contributed by atoms with van der Waals surface area (Å²) in [4.78, 5) is 0. The van der Waals surface area contributed by atoms with Gasteiger partial charge in [-0.3, -0.25) is 0 Å². The lowest BCUT2D eigenvalue weighted by molar-refractivity contribution is 0.318. The maximum Gasteiger partial charge on any atom is 0.170 e. The minimum absolute atomic E-state index is 0.0730. The Morgan fingerprint density at radius 1 is 1.61 bits per heavy atom. The number of amidine groups is 1. The summed E-state index contributed by atoms with van der Waals surface area (Å²) in [7, 11) is 1.60. The molecular weight excluding hydrogens is 298 g/mol. The van der Waals surface area contributed by atoms with Crippen LogP contribution in [0, 0.1) is 0 Å². The SMILES string of the molecule is C=C(Br)CNCc1cc(/C(N)=N/O)ccc1OC. The maximum absolute atomic E-state index is 8.65. The van der Waals surface area contributed by atoms with Gasteiger partial charge >= 0.3 is 0 Å². The van der Waals surface area contributed by atoms with E-state index in [1.807, 2.05) is 6.07 Å². The molecule has 0 bridgehead atoms. The summed E-state index contributed by atoms with van der Waals surface area (Å²) in [5.41, 5.74) is 7.12. The Labute approximate surface area is 114 Å². The Balaban J connectivity index is 2.88. The van der Waals surface area contributed by atoms with E-state index in [9.17, 15) is 0 Å². The molecule has 0 fully saturated rings. The average Bonchev–Trinajstić information content (AvgIpc) is 2.37. The Hall–Kier alpha value is -1.53. The van der Waals surface area contributed by atoms with Gasteiger partial charge in [-0.25, -0.2) is 0 Å². The van der Waals surface area contributed by atoms with Crippen LogP contribution in [0.2, 0.25) is 0 Å². The number of rotatable bonds is 6. The van der Waals surface area contributed by atoms with Gasteiger partial charge in [0.05, 0.1) is 7.11 Å². The molecule has 0 aliphatic carbocycles. The van der Waals surface area contributed by atoms with Crippen molar-refractivity contribution in [3.05, 3.63) is 40.4 Å². The quantitative estimate of drug-likeness (QED) is 0.324. The van der Waals surface area contributed by atoms with Gasteiger partial charge in [0.15, 0.2) is 5.84 Å². The molecule has 0 spiro atoms. The highest BCUT2D eigenvalue weighted by molar-refractivity contribution is 9.11. The molecule has 1 aromatic rings. The summed E-state index contributed by atoms with van der Waals surface area (Å²) >= 11 is 3.27. The maximum atomic E-state index is 8.65. The summed E-state index contributed by atoms with van der Waals surface area (Å²) in [6.07, 6.45) is 0. The van der Waals surface area contributed by atoms with E-state index in [0.29, 0.717) is 18.7 Å². The zero-order valence-electron chi connectivity index (χ0n) is 10.1. The third kappa shape index (κ3) is 4.05. The molecule has 0 heterocycles. The van der Waals surface area contributed by atoms with Crippen molar-refractivity contribution < 1.29 is 9.94 Å². The lowest BCUT2D eigenvalue weighted by atomic mass is 10.1. The lowest BCUT2D eigenvalue weighted by Crippen LogP contribution is -2.17. The molecule has 0 aliphatic heterocycles. The smallest absolute Gasteiger partial charge is 0.170 e. The van der Waals surface area contributed by atoms with E-state index < -0.39 is 0 Å². The Morgan fingerprint density at radius 2 is 2.33 bits per heavy atom. The van der Waals surface area contributed by atoms with Crippen LogP contribution in [0.15, 0.2) is 34.4 Å². The number of nitrogens with two attached hydrogens (primary N) is 1. The fourth-order valence-corrected chi connectivity index (χ4v) is 1.66. The van der Waals surface area contributed by atoms with Crippen LogP contribution in [-0.4, -0.2) is 24.7 Å². The molecule has 0 amide bonds. The number of ether oxygens (including phenoxy) is 1. The summed E-state index contributed by atoms with van der Waals surface area (Å²) in [6.45, 7) is 4.99. The number of benzene rings is 1. The van der Waals surface area contributed by atoms with Crippen LogP contribution < -0.4 is 15.8 Å². The van der Waals surface area contributed by atoms with E-state index in [2.05, 4.69) is 33.0 Å². The Bertz CT molecular complexity index is 461. The second-order valence-corrected chi connectivity index (χ2v) is 4.75. The van der Waals surface area contributed by atoms with Crippen LogP contribution >= 0.6 is 15.9 Å². The fourth-order valence-electron chi connectivity index (χ4n) is 1.47. The van der Waals surface area contributed by atoms with Crippen molar-refractivity contribution in [2.45, 2.75) is 6.54 Å². The molecular formula is C12H16BrN3O2. The van der Waals surface area contributed by atoms with E-state index in [-0.39, 0.29) is 5.84 Å². The highest BCUT2D eigenvalue weighted by atomic mass is 79.9. The number of nitrogens with one attached hydrogen (secondary N) is 1. The van der Waals surface area contributed by atoms with Crippen LogP contribution in [0.4, 0.5) is 0 Å². The van der Waals surface area contributed by atoms with Gasteiger partial charge in [-0.15, -0.1) is 0 Å². The van der Waals surface area contributed by atoms with Crippen molar-refractivity contribution >= 4 is 21.8 Å². The van der Waals surface area contributed by atoms with E-state index in [0.717, 1.165) is 15.8 Å². The summed E-state index contributed by atoms with van der Waals surface area (Å²) in [5.74, 6) is 0.820. The standard InChI is InChI=1S/C12H16BrN3O2/c1-8(13)6-15-7-10-5-9(12(14)16-17)3-4-11(10)18-2/h3-5,15,17H,1,6-7H2,2H3,(H2,14,16). The second-order valence-electron chi connectivity index (χ2n) is 3.63. The summed E-state index contributed by atoms with van der Waals surface area (Å²) in [6, 6.07) is 5.34. The third-order valence-corrected chi connectivity index (χ3v) is 2.60. The normalized spacial score (nSPS) is 11.3. The minimum Gasteiger partial charge on any atom is -0.496 e. The second kappa shape index (κ2) is 7.03. The highest BCUT2D eigenvalue weighted by Crippen LogP contribution is 2.19. The van der Waals surface area contributed by atoms with E-state index in [1.165, 1.54) is 0 Å². The van der Waals surface area contributed by atoms with Gasteiger partial charge in [0.2, 0.25) is 0 Å². The number of hydrogen-bond donors (Lipinski definition) is 3. The molecule has 1 aromatic carbocycles. The molecule has 1 rings (SSSR count). The van der Waals surface area contributed by atoms with Gasteiger partial charge in [-0.05, 0) is 18.2 Å². The summed E-state index contributed by atoms with van der Waals surface area (Å²) in [5, 5.41) is 14.8. The molecule has 5 nitrogen and oxygen atoms in total. The molecule has 0 saturated heterocycles. The van der Waals surface area contributed by atoms with Crippen molar-refractivity contribution in [1.82, 2.24) is 5.32 Å².